The third-order valence-corrected chi connectivity index (χ3v) is 6.36. The van der Waals surface area contributed by atoms with E-state index in [1.54, 1.807) is 23.1 Å². The first-order valence-corrected chi connectivity index (χ1v) is 11.8. The highest BCUT2D eigenvalue weighted by atomic mass is 19.1. The first-order valence-electron chi connectivity index (χ1n) is 14.8. The molecule has 2 fully saturated rings. The molecule has 0 saturated carbocycles. The molecule has 2 aromatic carbocycles. The average molecular weight is 501 g/mol. The highest BCUT2D eigenvalue weighted by molar-refractivity contribution is 6.06. The molecule has 2 N–H and O–H groups in total. The Morgan fingerprint density at radius 1 is 1.14 bits per heavy atom. The molecule has 0 radical (unpaired) electrons. The molecule has 190 valence electrons. The van der Waals surface area contributed by atoms with Crippen molar-refractivity contribution in [1.82, 2.24) is 15.1 Å². The molecule has 0 aliphatic carbocycles. The Morgan fingerprint density at radius 2 is 1.86 bits per heavy atom. The molecule has 2 aromatic rings. The molecular weight excluding hydrogens is 463 g/mol. The van der Waals surface area contributed by atoms with E-state index in [0.29, 0.717) is 24.3 Å². The van der Waals surface area contributed by atoms with Crippen molar-refractivity contribution < 1.29 is 31.7 Å². The van der Waals surface area contributed by atoms with Crippen LogP contribution in [0.2, 0.25) is 0 Å². The number of nitrogens with zero attached hydrogens (tertiary/aromatic N) is 2. The number of imide groups is 1. The van der Waals surface area contributed by atoms with E-state index in [1.807, 2.05) is 19.2 Å². The Hall–Kier alpha value is -3.30. The number of nitrogens with one attached hydrogen (secondary N) is 2. The minimum atomic E-state index is -3.06. The van der Waals surface area contributed by atoms with Crippen LogP contribution in [0.4, 0.5) is 10.1 Å². The summed E-state index contributed by atoms with van der Waals surface area (Å²) in [5.41, 5.74) is 1.02. The third-order valence-electron chi connectivity index (χ3n) is 6.36. The van der Waals surface area contributed by atoms with Crippen LogP contribution in [0.25, 0.3) is 0 Å². The number of morpholine rings is 1. The molecule has 3 aliphatic rings. The number of benzene rings is 2. The molecule has 9 heteroatoms. The van der Waals surface area contributed by atoms with Crippen molar-refractivity contribution in [2.45, 2.75) is 64.4 Å². The first-order chi connectivity index (χ1) is 19.6. The summed E-state index contributed by atoms with van der Waals surface area (Å²) < 4.78 is 71.3. The number of carbonyl (C=O) groups is 3. The molecule has 0 spiro atoms. The quantitative estimate of drug-likeness (QED) is 0.593. The number of amides is 3. The van der Waals surface area contributed by atoms with Crippen LogP contribution in [0.15, 0.2) is 36.4 Å². The summed E-state index contributed by atoms with van der Waals surface area (Å²) in [4.78, 5) is 40.4. The minimum absolute atomic E-state index is 0.0713. The van der Waals surface area contributed by atoms with E-state index in [9.17, 15) is 14.4 Å². The van der Waals surface area contributed by atoms with Gasteiger partial charge in [0.15, 0.2) is 0 Å². The zero-order chi connectivity index (χ0) is 30.8. The van der Waals surface area contributed by atoms with Gasteiger partial charge in [0.2, 0.25) is 11.8 Å². The SMILES string of the molecule is [2H]C([2H])(c1cccc(CNc2cccc3c2CN(C2C(=O)NC(=O)C([2H])([2H])C2([2H])[2H])C3=O)c1F)N1CC(C)OC(C)C1. The lowest BCUT2D eigenvalue weighted by atomic mass is 10.0. The fourth-order valence-electron chi connectivity index (χ4n) is 4.79. The second-order valence-electron chi connectivity index (χ2n) is 9.16. The van der Waals surface area contributed by atoms with E-state index in [4.69, 9.17) is 13.0 Å². The molecule has 36 heavy (non-hydrogen) atoms. The Labute approximate surface area is 218 Å². The van der Waals surface area contributed by atoms with Crippen molar-refractivity contribution in [3.63, 3.8) is 0 Å². The number of halogens is 1. The summed E-state index contributed by atoms with van der Waals surface area (Å²) >= 11 is 0. The van der Waals surface area contributed by atoms with Crippen LogP contribution in [-0.2, 0) is 33.9 Å². The number of carbonyl (C=O) groups excluding carboxylic acids is 3. The maximum absolute atomic E-state index is 15.7. The van der Waals surface area contributed by atoms with Gasteiger partial charge in [0.25, 0.3) is 5.91 Å². The van der Waals surface area contributed by atoms with Crippen molar-refractivity contribution in [3.05, 3.63) is 64.5 Å². The van der Waals surface area contributed by atoms with Crippen LogP contribution < -0.4 is 10.6 Å². The number of ether oxygens (including phenoxy) is 1. The summed E-state index contributed by atoms with van der Waals surface area (Å²) in [5.74, 6) is -3.95. The second kappa shape index (κ2) is 9.99. The van der Waals surface area contributed by atoms with Crippen LogP contribution in [0.3, 0.4) is 0 Å². The zero-order valence-corrected chi connectivity index (χ0v) is 19.9. The molecule has 0 bridgehead atoms. The highest BCUT2D eigenvalue weighted by Gasteiger charge is 2.39. The number of piperidine rings is 1. The number of rotatable bonds is 6. The Morgan fingerprint density at radius 3 is 2.64 bits per heavy atom. The summed E-state index contributed by atoms with van der Waals surface area (Å²) in [6.45, 7) is 1.85. The van der Waals surface area contributed by atoms with Crippen LogP contribution >= 0.6 is 0 Å². The Kier molecular flexibility index (Phi) is 5.00. The van der Waals surface area contributed by atoms with Gasteiger partial charge in [-0.1, -0.05) is 24.3 Å². The van der Waals surface area contributed by atoms with Gasteiger partial charge in [0, 0.05) is 75.2 Å². The standard InChI is InChI=1S/C27H31FN4O4/c1-16-12-31(13-17(2)36-16)14-19-6-3-5-18(25(19)28)11-29-22-8-4-7-20-21(22)15-32(27(20)35)23-9-10-24(33)30-26(23)34/h3-8,16-17,23,29H,9-15H2,1-2H3,(H,30,33,34)/i9D2,10D2,14D2. The maximum atomic E-state index is 15.7. The van der Waals surface area contributed by atoms with Gasteiger partial charge in [-0.15, -0.1) is 0 Å². The van der Waals surface area contributed by atoms with E-state index in [1.165, 1.54) is 18.2 Å². The minimum Gasteiger partial charge on any atom is -0.381 e. The van der Waals surface area contributed by atoms with Crippen LogP contribution in [0.1, 0.15) is 61.9 Å². The predicted molar refractivity (Wildman–Crippen MR) is 131 cm³/mol. The van der Waals surface area contributed by atoms with Gasteiger partial charge in [-0.2, -0.15) is 0 Å². The predicted octanol–water partition coefficient (Wildman–Crippen LogP) is 2.81. The van der Waals surface area contributed by atoms with E-state index in [2.05, 4.69) is 5.32 Å². The molecule has 3 amide bonds. The first kappa shape index (κ1) is 18.0. The van der Waals surface area contributed by atoms with Crippen molar-refractivity contribution in [3.8, 4) is 0 Å². The number of anilines is 1. The molecule has 3 atom stereocenters. The van der Waals surface area contributed by atoms with Gasteiger partial charge in [-0.05, 0) is 32.4 Å². The average Bonchev–Trinajstić information content (AvgIpc) is 3.22. The number of fused-ring (bicyclic) bond motifs is 1. The lowest BCUT2D eigenvalue weighted by molar-refractivity contribution is -0.136. The van der Waals surface area contributed by atoms with Crippen molar-refractivity contribution in [1.29, 1.82) is 0 Å². The highest BCUT2D eigenvalue weighted by Crippen LogP contribution is 2.32. The monoisotopic (exact) mass is 500 g/mol. The topological polar surface area (TPSA) is 91.0 Å². The third kappa shape index (κ3) is 4.85. The van der Waals surface area contributed by atoms with E-state index in [-0.39, 0.29) is 42.0 Å². The lowest BCUT2D eigenvalue weighted by Crippen LogP contribution is -2.52. The van der Waals surface area contributed by atoms with Gasteiger partial charge in [0.1, 0.15) is 11.9 Å². The lowest BCUT2D eigenvalue weighted by Gasteiger charge is -2.35. The zero-order valence-electron chi connectivity index (χ0n) is 25.9. The molecule has 3 heterocycles. The molecular formula is C27H31FN4O4. The largest absolute Gasteiger partial charge is 0.381 e. The van der Waals surface area contributed by atoms with Crippen LogP contribution in [0.5, 0.6) is 0 Å². The summed E-state index contributed by atoms with van der Waals surface area (Å²) in [6.07, 6.45) is -6.50. The van der Waals surface area contributed by atoms with Crippen LogP contribution in [-0.4, -0.2) is 58.9 Å². The van der Waals surface area contributed by atoms with Gasteiger partial charge in [-0.3, -0.25) is 24.6 Å². The number of hydrogen-bond donors (Lipinski definition) is 2. The van der Waals surface area contributed by atoms with Crippen molar-refractivity contribution in [2.75, 3.05) is 18.4 Å². The van der Waals surface area contributed by atoms with Gasteiger partial charge in [0.05, 0.1) is 12.2 Å². The molecule has 3 unspecified atom stereocenters. The molecule has 8 nitrogen and oxygen atoms in total. The van der Waals surface area contributed by atoms with Crippen molar-refractivity contribution >= 4 is 23.4 Å². The second-order valence-corrected chi connectivity index (χ2v) is 9.16. The molecule has 3 aliphatic heterocycles. The Bertz CT molecular complexity index is 1450. The molecule has 0 aromatic heterocycles. The summed E-state index contributed by atoms with van der Waals surface area (Å²) in [5, 5.41) is 4.90. The van der Waals surface area contributed by atoms with Crippen molar-refractivity contribution in [2.24, 2.45) is 0 Å². The van der Waals surface area contributed by atoms with Gasteiger partial charge >= 0.3 is 0 Å². The smallest absolute Gasteiger partial charge is 0.255 e. The fraction of sp³-hybridized carbons (Fsp3) is 0.444. The van der Waals surface area contributed by atoms with E-state index < -0.39 is 48.8 Å². The molecule has 5 rings (SSSR count). The van der Waals surface area contributed by atoms with Gasteiger partial charge < -0.3 is 15.0 Å². The number of hydrogen-bond acceptors (Lipinski definition) is 6. The maximum Gasteiger partial charge on any atom is 0.255 e. The fourth-order valence-corrected chi connectivity index (χ4v) is 4.79. The molecule has 2 saturated heterocycles. The summed E-state index contributed by atoms with van der Waals surface area (Å²) in [6, 6.07) is 7.28. The van der Waals surface area contributed by atoms with E-state index >= 15 is 4.39 Å². The van der Waals surface area contributed by atoms with Crippen LogP contribution in [0, 0.1) is 5.82 Å². The Balaban J connectivity index is 1.38. The van der Waals surface area contributed by atoms with Gasteiger partial charge in [-0.25, -0.2) is 4.39 Å². The van der Waals surface area contributed by atoms with E-state index in [0.717, 1.165) is 4.90 Å². The normalized spacial score (nSPS) is 30.2. The summed E-state index contributed by atoms with van der Waals surface area (Å²) in [7, 11) is 0.